The molecule has 3 aromatic rings. The zero-order chi connectivity index (χ0) is 25.5. The van der Waals surface area contributed by atoms with E-state index >= 15 is 0 Å². The Kier molecular flexibility index (Phi) is 7.97. The molecular formula is C26H30N4O5S. The molecule has 0 radical (unpaired) electrons. The summed E-state index contributed by atoms with van der Waals surface area (Å²) in [6, 6.07) is 21.0. The summed E-state index contributed by atoms with van der Waals surface area (Å²) in [4.78, 5) is 14.6. The normalized spacial score (nSPS) is 14.7. The van der Waals surface area contributed by atoms with Crippen molar-refractivity contribution < 1.29 is 23.1 Å². The van der Waals surface area contributed by atoms with E-state index in [1.54, 1.807) is 42.5 Å². The van der Waals surface area contributed by atoms with Crippen molar-refractivity contribution in [3.05, 3.63) is 78.4 Å². The van der Waals surface area contributed by atoms with Gasteiger partial charge in [-0.3, -0.25) is 9.62 Å². The molecule has 1 fully saturated rings. The van der Waals surface area contributed by atoms with Crippen LogP contribution in [-0.2, 0) is 16.6 Å². The van der Waals surface area contributed by atoms with Crippen LogP contribution in [0.25, 0.3) is 0 Å². The maximum absolute atomic E-state index is 12.3. The van der Waals surface area contributed by atoms with Crippen molar-refractivity contribution >= 4 is 27.4 Å². The number of aromatic hydroxyl groups is 1. The first-order valence-corrected chi connectivity index (χ1v) is 13.6. The zero-order valence-corrected chi connectivity index (χ0v) is 20.8. The van der Waals surface area contributed by atoms with E-state index in [-0.39, 0.29) is 17.8 Å². The topological polar surface area (TPSA) is 120 Å². The summed E-state index contributed by atoms with van der Waals surface area (Å²) in [5.74, 6) is 1.35. The number of piperidine rings is 1. The lowest BCUT2D eigenvalue weighted by molar-refractivity contribution is 0.190. The molecule has 4 N–H and O–H groups in total. The fourth-order valence-corrected chi connectivity index (χ4v) is 4.59. The number of para-hydroxylation sites is 2. The Hall–Kier alpha value is -3.76. The van der Waals surface area contributed by atoms with Gasteiger partial charge >= 0.3 is 6.03 Å². The van der Waals surface area contributed by atoms with Gasteiger partial charge in [-0.1, -0.05) is 24.3 Å². The molecule has 0 bridgehead atoms. The highest BCUT2D eigenvalue weighted by atomic mass is 32.2. The second-order valence-corrected chi connectivity index (χ2v) is 10.6. The summed E-state index contributed by atoms with van der Waals surface area (Å²) in [5.41, 5.74) is 2.04. The number of phenolic OH excluding ortho intramolecular Hbond substituents is 1. The van der Waals surface area contributed by atoms with Gasteiger partial charge in [0, 0.05) is 31.4 Å². The van der Waals surface area contributed by atoms with Gasteiger partial charge in [0.05, 0.1) is 11.9 Å². The molecule has 36 heavy (non-hydrogen) atoms. The monoisotopic (exact) mass is 510 g/mol. The fourth-order valence-electron chi connectivity index (χ4n) is 4.02. The molecule has 0 atom stereocenters. The molecule has 10 heteroatoms. The summed E-state index contributed by atoms with van der Waals surface area (Å²) in [7, 11) is -3.31. The van der Waals surface area contributed by atoms with Crippen molar-refractivity contribution in [1.82, 2.24) is 10.2 Å². The van der Waals surface area contributed by atoms with Gasteiger partial charge in [-0.05, 0) is 66.9 Å². The first-order chi connectivity index (χ1) is 17.2. The van der Waals surface area contributed by atoms with Crippen LogP contribution in [0.5, 0.6) is 17.2 Å². The van der Waals surface area contributed by atoms with E-state index in [4.69, 9.17) is 4.74 Å². The summed E-state index contributed by atoms with van der Waals surface area (Å²) in [5, 5.41) is 15.5. The molecule has 0 aromatic heterocycles. The number of nitrogens with zero attached hydrogens (tertiary/aromatic N) is 1. The first kappa shape index (κ1) is 25.3. The van der Waals surface area contributed by atoms with Gasteiger partial charge in [0.1, 0.15) is 17.2 Å². The highest BCUT2D eigenvalue weighted by molar-refractivity contribution is 7.92. The van der Waals surface area contributed by atoms with Crippen molar-refractivity contribution in [2.24, 2.45) is 0 Å². The van der Waals surface area contributed by atoms with Crippen molar-refractivity contribution in [3.8, 4) is 17.2 Å². The third-order valence-electron chi connectivity index (χ3n) is 5.80. The third-order valence-corrected chi connectivity index (χ3v) is 6.40. The highest BCUT2D eigenvalue weighted by Crippen LogP contribution is 2.25. The van der Waals surface area contributed by atoms with Crippen molar-refractivity contribution in [2.45, 2.75) is 25.4 Å². The molecular weight excluding hydrogens is 480 g/mol. The van der Waals surface area contributed by atoms with E-state index in [0.29, 0.717) is 22.9 Å². The van der Waals surface area contributed by atoms with Crippen LogP contribution in [0.4, 0.5) is 16.2 Å². The van der Waals surface area contributed by atoms with Crippen molar-refractivity contribution in [2.75, 3.05) is 29.4 Å². The minimum Gasteiger partial charge on any atom is -0.506 e. The van der Waals surface area contributed by atoms with E-state index < -0.39 is 10.0 Å². The number of carbonyl (C=O) groups is 1. The molecule has 1 aliphatic rings. The number of phenols is 1. The average molecular weight is 511 g/mol. The third kappa shape index (κ3) is 7.62. The minimum absolute atomic E-state index is 0.0405. The predicted octanol–water partition coefficient (Wildman–Crippen LogP) is 4.34. The van der Waals surface area contributed by atoms with Crippen molar-refractivity contribution in [3.63, 3.8) is 0 Å². The Morgan fingerprint density at radius 2 is 1.58 bits per heavy atom. The maximum Gasteiger partial charge on any atom is 0.319 e. The number of anilines is 2. The number of hydrogen-bond acceptors (Lipinski definition) is 6. The summed E-state index contributed by atoms with van der Waals surface area (Å²) in [6.07, 6.45) is 2.80. The zero-order valence-electron chi connectivity index (χ0n) is 20.0. The van der Waals surface area contributed by atoms with Crippen molar-refractivity contribution in [1.29, 1.82) is 0 Å². The molecule has 2 amide bonds. The van der Waals surface area contributed by atoms with Gasteiger partial charge in [0.2, 0.25) is 10.0 Å². The quantitative estimate of drug-likeness (QED) is 0.335. The number of urea groups is 1. The minimum atomic E-state index is -3.31. The van der Waals surface area contributed by atoms with Crippen LogP contribution in [0.3, 0.4) is 0 Å². The van der Waals surface area contributed by atoms with Gasteiger partial charge in [-0.15, -0.1) is 0 Å². The molecule has 4 rings (SSSR count). The standard InChI is InChI=1S/C26H30N4O5S/c1-36(33,34)29-21-8-12-23(13-9-21)35-22-10-6-19(7-11-22)18-30-16-14-20(15-17-30)27-26(32)28-24-4-2-3-5-25(24)31/h2-13,20,29,31H,14-18H2,1H3,(H2,27,28,32). The summed E-state index contributed by atoms with van der Waals surface area (Å²) < 4.78 is 30.9. The molecule has 9 nitrogen and oxygen atoms in total. The molecule has 0 spiro atoms. The number of likely N-dealkylation sites (tertiary alicyclic amines) is 1. The Bertz CT molecular complexity index is 1270. The number of amides is 2. The largest absolute Gasteiger partial charge is 0.506 e. The van der Waals surface area contributed by atoms with E-state index in [1.807, 2.05) is 24.3 Å². The Morgan fingerprint density at radius 1 is 0.972 bits per heavy atom. The number of sulfonamides is 1. The number of ether oxygens (including phenoxy) is 1. The van der Waals surface area contributed by atoms with Crippen LogP contribution in [-0.4, -0.2) is 49.8 Å². The SMILES string of the molecule is CS(=O)(=O)Nc1ccc(Oc2ccc(CN3CCC(NC(=O)Nc4ccccc4O)CC3)cc2)cc1. The Balaban J connectivity index is 1.21. The first-order valence-electron chi connectivity index (χ1n) is 11.7. The van der Waals surface area contributed by atoms with Gasteiger partial charge in [-0.25, -0.2) is 13.2 Å². The van der Waals surface area contributed by atoms with Crippen LogP contribution in [0.1, 0.15) is 18.4 Å². The maximum atomic E-state index is 12.3. The Labute approximate surface area is 211 Å². The van der Waals surface area contributed by atoms with E-state index in [9.17, 15) is 18.3 Å². The van der Waals surface area contributed by atoms with Crippen LogP contribution < -0.4 is 20.1 Å². The lowest BCUT2D eigenvalue weighted by Crippen LogP contribution is -2.45. The van der Waals surface area contributed by atoms with Crippen LogP contribution in [0.2, 0.25) is 0 Å². The average Bonchev–Trinajstić information content (AvgIpc) is 2.83. The number of rotatable bonds is 8. The van der Waals surface area contributed by atoms with Gasteiger partial charge in [-0.2, -0.15) is 0 Å². The molecule has 1 aliphatic heterocycles. The number of nitrogens with one attached hydrogen (secondary N) is 3. The molecule has 0 unspecified atom stereocenters. The summed E-state index contributed by atoms with van der Waals surface area (Å²) in [6.45, 7) is 2.55. The molecule has 190 valence electrons. The van der Waals surface area contributed by atoms with Crippen LogP contribution >= 0.6 is 0 Å². The van der Waals surface area contributed by atoms with Crippen LogP contribution in [0, 0.1) is 0 Å². The smallest absolute Gasteiger partial charge is 0.319 e. The molecule has 0 aliphatic carbocycles. The van der Waals surface area contributed by atoms with Crippen LogP contribution in [0.15, 0.2) is 72.8 Å². The van der Waals surface area contributed by atoms with E-state index in [0.717, 1.165) is 38.7 Å². The summed E-state index contributed by atoms with van der Waals surface area (Å²) >= 11 is 0. The Morgan fingerprint density at radius 3 is 2.19 bits per heavy atom. The molecule has 1 heterocycles. The van der Waals surface area contributed by atoms with E-state index in [2.05, 4.69) is 20.3 Å². The predicted molar refractivity (Wildman–Crippen MR) is 140 cm³/mol. The number of carbonyl (C=O) groups excluding carboxylic acids is 1. The van der Waals surface area contributed by atoms with Gasteiger partial charge in [0.15, 0.2) is 0 Å². The second-order valence-electron chi connectivity index (χ2n) is 8.81. The fraction of sp³-hybridized carbons (Fsp3) is 0.269. The highest BCUT2D eigenvalue weighted by Gasteiger charge is 2.21. The number of hydrogen-bond donors (Lipinski definition) is 4. The van der Waals surface area contributed by atoms with Gasteiger partial charge < -0.3 is 20.5 Å². The van der Waals surface area contributed by atoms with E-state index in [1.165, 1.54) is 11.6 Å². The molecule has 1 saturated heterocycles. The molecule has 3 aromatic carbocycles. The lowest BCUT2D eigenvalue weighted by atomic mass is 10.0. The second kappa shape index (κ2) is 11.3. The molecule has 0 saturated carbocycles. The number of benzene rings is 3. The lowest BCUT2D eigenvalue weighted by Gasteiger charge is -2.32. The van der Waals surface area contributed by atoms with Gasteiger partial charge in [0.25, 0.3) is 0 Å².